The summed E-state index contributed by atoms with van der Waals surface area (Å²) in [6, 6.07) is 12.4. The molecule has 0 aromatic heterocycles. The van der Waals surface area contributed by atoms with E-state index in [1.54, 1.807) is 30.3 Å². The highest BCUT2D eigenvalue weighted by molar-refractivity contribution is 6.39. The van der Waals surface area contributed by atoms with Crippen molar-refractivity contribution in [3.8, 4) is 5.75 Å². The number of hydrogen-bond donors (Lipinski definition) is 2. The molecule has 2 aromatic rings. The van der Waals surface area contributed by atoms with Crippen LogP contribution in [-0.2, 0) is 16.1 Å². The summed E-state index contributed by atoms with van der Waals surface area (Å²) in [4.78, 5) is 23.9. The minimum absolute atomic E-state index is 0.177. The Labute approximate surface area is 139 Å². The van der Waals surface area contributed by atoms with Crippen molar-refractivity contribution in [2.24, 2.45) is 0 Å². The number of nitrogens with one attached hydrogen (secondary N) is 2. The predicted molar refractivity (Wildman–Crippen MR) is 89.7 cm³/mol. The summed E-state index contributed by atoms with van der Waals surface area (Å²) in [7, 11) is 1.50. The summed E-state index contributed by atoms with van der Waals surface area (Å²) in [5, 5.41) is 5.62. The minimum atomic E-state index is -0.763. The molecule has 0 saturated heterocycles. The van der Waals surface area contributed by atoms with Crippen LogP contribution in [0.2, 0.25) is 5.02 Å². The van der Waals surface area contributed by atoms with Gasteiger partial charge in [0.15, 0.2) is 0 Å². The van der Waals surface area contributed by atoms with Crippen LogP contribution in [0, 0.1) is 6.92 Å². The van der Waals surface area contributed by atoms with Gasteiger partial charge in [-0.25, -0.2) is 0 Å². The molecule has 0 fully saturated rings. The van der Waals surface area contributed by atoms with Gasteiger partial charge in [0.05, 0.1) is 12.8 Å². The van der Waals surface area contributed by atoms with Crippen LogP contribution in [0.5, 0.6) is 5.75 Å². The molecule has 6 heteroatoms. The number of methoxy groups -OCH3 is 1. The van der Waals surface area contributed by atoms with Crippen LogP contribution in [-0.4, -0.2) is 18.9 Å². The fourth-order valence-electron chi connectivity index (χ4n) is 2.00. The second-order valence-electron chi connectivity index (χ2n) is 4.93. The van der Waals surface area contributed by atoms with Gasteiger partial charge < -0.3 is 15.4 Å². The molecular formula is C17H17ClN2O3. The second kappa shape index (κ2) is 7.65. The van der Waals surface area contributed by atoms with Crippen LogP contribution in [0.25, 0.3) is 0 Å². The fraction of sp³-hybridized carbons (Fsp3) is 0.176. The highest BCUT2D eigenvalue weighted by atomic mass is 35.5. The highest BCUT2D eigenvalue weighted by Gasteiger charge is 2.16. The van der Waals surface area contributed by atoms with Crippen molar-refractivity contribution in [2.75, 3.05) is 12.4 Å². The van der Waals surface area contributed by atoms with Gasteiger partial charge in [-0.2, -0.15) is 0 Å². The summed E-state index contributed by atoms with van der Waals surface area (Å²) in [5.41, 5.74) is 2.13. The SMILES string of the molecule is COc1ccc(C)cc1NC(=O)C(=O)NCc1ccccc1Cl. The molecule has 0 heterocycles. The number of rotatable bonds is 4. The van der Waals surface area contributed by atoms with E-state index in [0.717, 1.165) is 11.1 Å². The molecule has 0 unspecified atom stereocenters. The first-order valence-corrected chi connectivity index (χ1v) is 7.36. The molecule has 2 rings (SSSR count). The largest absolute Gasteiger partial charge is 0.495 e. The van der Waals surface area contributed by atoms with E-state index >= 15 is 0 Å². The van der Waals surface area contributed by atoms with Crippen molar-refractivity contribution in [2.45, 2.75) is 13.5 Å². The second-order valence-corrected chi connectivity index (χ2v) is 5.34. The smallest absolute Gasteiger partial charge is 0.313 e. The Bertz CT molecular complexity index is 732. The van der Waals surface area contributed by atoms with Gasteiger partial charge in [0, 0.05) is 11.6 Å². The van der Waals surface area contributed by atoms with Gasteiger partial charge in [0.25, 0.3) is 0 Å². The molecule has 2 amide bonds. The molecule has 0 saturated carbocycles. The summed E-state index contributed by atoms with van der Waals surface area (Å²) in [6.07, 6.45) is 0. The Morgan fingerprint density at radius 3 is 2.57 bits per heavy atom. The molecule has 5 nitrogen and oxygen atoms in total. The number of amides is 2. The van der Waals surface area contributed by atoms with E-state index in [1.807, 2.05) is 19.1 Å². The zero-order chi connectivity index (χ0) is 16.8. The number of hydrogen-bond acceptors (Lipinski definition) is 3. The van der Waals surface area contributed by atoms with Crippen molar-refractivity contribution >= 4 is 29.1 Å². The van der Waals surface area contributed by atoms with Crippen molar-refractivity contribution in [3.05, 3.63) is 58.6 Å². The molecule has 0 spiro atoms. The molecule has 0 radical (unpaired) electrons. The van der Waals surface area contributed by atoms with Gasteiger partial charge in [0.1, 0.15) is 5.75 Å². The van der Waals surface area contributed by atoms with Gasteiger partial charge in [0.2, 0.25) is 0 Å². The standard InChI is InChI=1S/C17H17ClN2O3/c1-11-7-8-15(23-2)14(9-11)20-17(22)16(21)19-10-12-5-3-4-6-13(12)18/h3-9H,10H2,1-2H3,(H,19,21)(H,20,22). The Hall–Kier alpha value is -2.53. The molecule has 23 heavy (non-hydrogen) atoms. The normalized spacial score (nSPS) is 10.0. The predicted octanol–water partition coefficient (Wildman–Crippen LogP) is 2.91. The first-order chi connectivity index (χ1) is 11.0. The van der Waals surface area contributed by atoms with E-state index < -0.39 is 11.8 Å². The van der Waals surface area contributed by atoms with Gasteiger partial charge in [-0.1, -0.05) is 35.9 Å². The number of halogens is 1. The first-order valence-electron chi connectivity index (χ1n) is 6.98. The van der Waals surface area contributed by atoms with Gasteiger partial charge in [-0.3, -0.25) is 9.59 Å². The first kappa shape index (κ1) is 16.8. The lowest BCUT2D eigenvalue weighted by molar-refractivity contribution is -0.136. The lowest BCUT2D eigenvalue weighted by atomic mass is 10.2. The number of carbonyl (C=O) groups is 2. The van der Waals surface area contributed by atoms with Crippen molar-refractivity contribution in [1.82, 2.24) is 5.32 Å². The number of ether oxygens (including phenoxy) is 1. The van der Waals surface area contributed by atoms with Crippen LogP contribution in [0.4, 0.5) is 5.69 Å². The lowest BCUT2D eigenvalue weighted by Crippen LogP contribution is -2.35. The Balaban J connectivity index is 1.99. The molecule has 0 aliphatic carbocycles. The summed E-state index contributed by atoms with van der Waals surface area (Å²) in [6.45, 7) is 2.06. The van der Waals surface area contributed by atoms with Crippen LogP contribution in [0.1, 0.15) is 11.1 Å². The third-order valence-electron chi connectivity index (χ3n) is 3.21. The Morgan fingerprint density at radius 2 is 1.87 bits per heavy atom. The summed E-state index contributed by atoms with van der Waals surface area (Å²) >= 11 is 6.01. The van der Waals surface area contributed by atoms with E-state index in [1.165, 1.54) is 7.11 Å². The maximum absolute atomic E-state index is 12.0. The molecule has 0 atom stereocenters. The number of aryl methyl sites for hydroxylation is 1. The third-order valence-corrected chi connectivity index (χ3v) is 3.58. The van der Waals surface area contributed by atoms with E-state index in [9.17, 15) is 9.59 Å². The highest BCUT2D eigenvalue weighted by Crippen LogP contribution is 2.25. The van der Waals surface area contributed by atoms with Crippen LogP contribution < -0.4 is 15.4 Å². The lowest BCUT2D eigenvalue weighted by Gasteiger charge is -2.11. The zero-order valence-electron chi connectivity index (χ0n) is 12.9. The Kier molecular flexibility index (Phi) is 5.60. The fourth-order valence-corrected chi connectivity index (χ4v) is 2.20. The maximum Gasteiger partial charge on any atom is 0.313 e. The molecule has 2 aromatic carbocycles. The summed E-state index contributed by atoms with van der Waals surface area (Å²) < 4.78 is 5.16. The number of anilines is 1. The third kappa shape index (κ3) is 4.47. The molecule has 0 aliphatic rings. The maximum atomic E-state index is 12.0. The van der Waals surface area contributed by atoms with Gasteiger partial charge in [-0.15, -0.1) is 0 Å². The molecule has 120 valence electrons. The van der Waals surface area contributed by atoms with E-state index in [4.69, 9.17) is 16.3 Å². The van der Waals surface area contributed by atoms with Crippen molar-refractivity contribution < 1.29 is 14.3 Å². The van der Waals surface area contributed by atoms with Gasteiger partial charge in [-0.05, 0) is 36.2 Å². The number of benzene rings is 2. The molecular weight excluding hydrogens is 316 g/mol. The average Bonchev–Trinajstić information content (AvgIpc) is 2.54. The van der Waals surface area contributed by atoms with Crippen LogP contribution in [0.15, 0.2) is 42.5 Å². The van der Waals surface area contributed by atoms with Crippen molar-refractivity contribution in [1.29, 1.82) is 0 Å². The van der Waals surface area contributed by atoms with E-state index in [-0.39, 0.29) is 6.54 Å². The van der Waals surface area contributed by atoms with Gasteiger partial charge >= 0.3 is 11.8 Å². The molecule has 0 aliphatic heterocycles. The van der Waals surface area contributed by atoms with Crippen LogP contribution in [0.3, 0.4) is 0 Å². The monoisotopic (exact) mass is 332 g/mol. The van der Waals surface area contributed by atoms with E-state index in [2.05, 4.69) is 10.6 Å². The zero-order valence-corrected chi connectivity index (χ0v) is 13.6. The molecule has 0 bridgehead atoms. The average molecular weight is 333 g/mol. The Morgan fingerprint density at radius 1 is 1.13 bits per heavy atom. The minimum Gasteiger partial charge on any atom is -0.495 e. The van der Waals surface area contributed by atoms with E-state index in [0.29, 0.717) is 16.5 Å². The number of carbonyl (C=O) groups excluding carboxylic acids is 2. The topological polar surface area (TPSA) is 67.4 Å². The molecule has 2 N–H and O–H groups in total. The summed E-state index contributed by atoms with van der Waals surface area (Å²) in [5.74, 6) is -1.02. The van der Waals surface area contributed by atoms with Crippen LogP contribution >= 0.6 is 11.6 Å². The van der Waals surface area contributed by atoms with Crippen molar-refractivity contribution in [3.63, 3.8) is 0 Å². The quantitative estimate of drug-likeness (QED) is 0.846.